The third kappa shape index (κ3) is 11.9. The van der Waals surface area contributed by atoms with Crippen LogP contribution >= 0.6 is 0 Å². The Hall–Kier alpha value is -4.32. The number of isocyanates is 1. The van der Waals surface area contributed by atoms with Crippen LogP contribution in [0.2, 0.25) is 0 Å². The number of aliphatic imine (C=N–C) groups is 1. The molecule has 1 amide bonds. The van der Waals surface area contributed by atoms with Crippen molar-refractivity contribution in [2.75, 3.05) is 11.9 Å². The lowest BCUT2D eigenvalue weighted by atomic mass is 10.0. The van der Waals surface area contributed by atoms with Crippen molar-refractivity contribution in [3.05, 3.63) is 93.9 Å². The fourth-order valence-electron chi connectivity index (χ4n) is 3.50. The first-order chi connectivity index (χ1) is 21.4. The summed E-state index contributed by atoms with van der Waals surface area (Å²) < 4.78 is 117. The summed E-state index contributed by atoms with van der Waals surface area (Å²) in [6.45, 7) is 3.08. The highest BCUT2D eigenvalue weighted by Crippen LogP contribution is 2.36. The Bertz CT molecular complexity index is 1680. The van der Waals surface area contributed by atoms with Crippen LogP contribution in [0.15, 0.2) is 77.9 Å². The second-order valence-electron chi connectivity index (χ2n) is 9.06. The smallest absolute Gasteiger partial charge is 0.443 e. The zero-order valence-electron chi connectivity index (χ0n) is 23.7. The summed E-state index contributed by atoms with van der Waals surface area (Å²) >= 11 is 0. The molecule has 0 radical (unpaired) electrons. The number of benzene rings is 2. The molecule has 11 nitrogen and oxygen atoms in total. The van der Waals surface area contributed by atoms with Crippen molar-refractivity contribution in [1.82, 2.24) is 0 Å². The van der Waals surface area contributed by atoms with Gasteiger partial charge in [-0.3, -0.25) is 5.32 Å². The standard InChI is InChI=1S/C25H25N3O3.C2F6NO4S2/c1-2-5-24-6-3-4-15-28(24)16-17-31-25(30)27-23-13-9-21(10-14-23)18-20-7-11-22(12-8-20)26-19-29;3-1(4,5)14(10,11)9-15(12,13)2(6,7)8/h3-4,6-15H,2,5,16-18H2,1H3;/q;-1/p+1. The summed E-state index contributed by atoms with van der Waals surface area (Å²) in [7, 11) is -13.4. The van der Waals surface area contributed by atoms with Gasteiger partial charge in [-0.15, -0.1) is 0 Å². The maximum Gasteiger partial charge on any atom is 0.480 e. The number of amides is 1. The number of carbonyl (C=O) groups excluding carboxylic acids is 2. The van der Waals surface area contributed by atoms with Gasteiger partial charge in [0.2, 0.25) is 6.08 Å². The molecular weight excluding hydrogens is 670 g/mol. The van der Waals surface area contributed by atoms with Gasteiger partial charge in [-0.1, -0.05) is 37.3 Å². The zero-order valence-corrected chi connectivity index (χ0v) is 25.4. The predicted molar refractivity (Wildman–Crippen MR) is 152 cm³/mol. The van der Waals surface area contributed by atoms with Gasteiger partial charge in [0.25, 0.3) is 0 Å². The molecule has 0 aliphatic heterocycles. The first kappa shape index (κ1) is 37.9. The third-order valence-electron chi connectivity index (χ3n) is 5.61. The van der Waals surface area contributed by atoms with Crippen molar-refractivity contribution >= 4 is 43.6 Å². The van der Waals surface area contributed by atoms with Gasteiger partial charge in [0.15, 0.2) is 45.1 Å². The van der Waals surface area contributed by atoms with Crippen LogP contribution in [-0.4, -0.2) is 46.6 Å². The topological polar surface area (TPSA) is 154 Å². The molecule has 0 saturated carbocycles. The Morgan fingerprint density at radius 1 is 0.891 bits per heavy atom. The highest BCUT2D eigenvalue weighted by atomic mass is 32.3. The molecular formula is C27H26F6N4O7S2. The number of halogens is 6. The van der Waals surface area contributed by atoms with Gasteiger partial charge in [0.1, 0.15) is 0 Å². The fourth-order valence-corrected chi connectivity index (χ4v) is 5.21. The van der Waals surface area contributed by atoms with E-state index in [1.54, 1.807) is 12.1 Å². The number of aromatic nitrogens is 1. The molecule has 0 spiro atoms. The van der Waals surface area contributed by atoms with Crippen molar-refractivity contribution in [3.63, 3.8) is 0 Å². The van der Waals surface area contributed by atoms with E-state index in [4.69, 9.17) is 4.74 Å². The summed E-state index contributed by atoms with van der Waals surface area (Å²) in [5.74, 6) is 0. The van der Waals surface area contributed by atoms with Crippen molar-refractivity contribution in [1.29, 1.82) is 0 Å². The SMILES string of the molecule is CCCc1cccc[n+]1CCOC(=O)Nc1ccc(Cc2ccc(N=C=O)cc2)cc1.O=S(=O)([N-]S(=O)(=O)C(F)(F)F)C(F)(F)F. The molecule has 3 rings (SSSR count). The first-order valence-electron chi connectivity index (χ1n) is 12.9. The van der Waals surface area contributed by atoms with Gasteiger partial charge in [0.05, 0.1) is 5.69 Å². The van der Waals surface area contributed by atoms with Gasteiger partial charge in [0, 0.05) is 24.2 Å². The van der Waals surface area contributed by atoms with Crippen LogP contribution in [0.4, 0.5) is 42.5 Å². The fraction of sp³-hybridized carbons (Fsp3) is 0.296. The van der Waals surface area contributed by atoms with Crippen molar-refractivity contribution in [2.45, 2.75) is 43.7 Å². The van der Waals surface area contributed by atoms with Crippen LogP contribution in [-0.2, 0) is 49.0 Å². The number of pyridine rings is 1. The van der Waals surface area contributed by atoms with Gasteiger partial charge in [-0.05, 0) is 48.2 Å². The van der Waals surface area contributed by atoms with E-state index in [1.807, 2.05) is 54.7 Å². The number of aryl methyl sites for hydroxylation is 1. The molecule has 46 heavy (non-hydrogen) atoms. The van der Waals surface area contributed by atoms with Gasteiger partial charge in [-0.25, -0.2) is 26.4 Å². The minimum absolute atomic E-state index is 0.305. The van der Waals surface area contributed by atoms with E-state index < -0.39 is 37.2 Å². The lowest BCUT2D eigenvalue weighted by Gasteiger charge is -2.22. The first-order valence-corrected chi connectivity index (χ1v) is 15.8. The van der Waals surface area contributed by atoms with Crippen LogP contribution in [0, 0.1) is 0 Å². The minimum Gasteiger partial charge on any atom is -0.443 e. The Kier molecular flexibility index (Phi) is 13.4. The van der Waals surface area contributed by atoms with E-state index in [0.717, 1.165) is 34.5 Å². The lowest BCUT2D eigenvalue weighted by Crippen LogP contribution is -2.40. The summed E-state index contributed by atoms with van der Waals surface area (Å²) in [6, 6.07) is 21.2. The maximum atomic E-state index is 12.1. The van der Waals surface area contributed by atoms with Crippen molar-refractivity contribution in [3.8, 4) is 0 Å². The number of anilines is 1. The van der Waals surface area contributed by atoms with Crippen LogP contribution in [0.25, 0.3) is 4.13 Å². The lowest BCUT2D eigenvalue weighted by molar-refractivity contribution is -0.705. The Morgan fingerprint density at radius 2 is 1.43 bits per heavy atom. The quantitative estimate of drug-likeness (QED) is 0.115. The Labute approximate surface area is 260 Å². The van der Waals surface area contributed by atoms with Gasteiger partial charge >= 0.3 is 17.1 Å². The summed E-state index contributed by atoms with van der Waals surface area (Å²) in [5, 5.41) is 2.76. The highest BCUT2D eigenvalue weighted by molar-refractivity contribution is 8.13. The molecule has 2 aromatic carbocycles. The number of hydrogen-bond donors (Lipinski definition) is 1. The molecule has 0 saturated heterocycles. The summed E-state index contributed by atoms with van der Waals surface area (Å²) in [6.07, 6.45) is 5.88. The number of rotatable bonds is 11. The van der Waals surface area contributed by atoms with E-state index in [9.17, 15) is 52.8 Å². The van der Waals surface area contributed by atoms with Crippen molar-refractivity contribution in [2.24, 2.45) is 4.99 Å². The van der Waals surface area contributed by atoms with Crippen LogP contribution in [0.5, 0.6) is 0 Å². The molecule has 1 aromatic heterocycles. The maximum absolute atomic E-state index is 12.1. The molecule has 0 atom stereocenters. The number of alkyl halides is 6. The summed E-state index contributed by atoms with van der Waals surface area (Å²) in [4.78, 5) is 26.0. The molecule has 250 valence electrons. The van der Waals surface area contributed by atoms with Crippen LogP contribution in [0.3, 0.4) is 0 Å². The van der Waals surface area contributed by atoms with E-state index in [2.05, 4.69) is 27.9 Å². The molecule has 0 aliphatic carbocycles. The van der Waals surface area contributed by atoms with Crippen molar-refractivity contribution < 1.29 is 62.1 Å². The Balaban J connectivity index is 0.000000415. The second-order valence-corrected chi connectivity index (χ2v) is 12.5. The average Bonchev–Trinajstić information content (AvgIpc) is 2.95. The van der Waals surface area contributed by atoms with Crippen LogP contribution in [0.1, 0.15) is 30.2 Å². The Morgan fingerprint density at radius 3 is 1.93 bits per heavy atom. The molecule has 1 N–H and O–H groups in total. The van der Waals surface area contributed by atoms with E-state index in [-0.39, 0.29) is 0 Å². The number of sulfonamides is 2. The number of ether oxygens (including phenoxy) is 1. The van der Waals surface area contributed by atoms with Crippen LogP contribution < -0.4 is 9.88 Å². The molecule has 0 unspecified atom stereocenters. The number of nitrogens with one attached hydrogen (secondary N) is 1. The highest BCUT2D eigenvalue weighted by Gasteiger charge is 2.46. The third-order valence-corrected chi connectivity index (χ3v) is 8.35. The number of carbonyl (C=O) groups is 1. The minimum atomic E-state index is -6.72. The van der Waals surface area contributed by atoms with E-state index in [0.29, 0.717) is 24.5 Å². The number of hydrogen-bond acceptors (Lipinski definition) is 8. The average molecular weight is 697 g/mol. The normalized spacial score (nSPS) is 11.9. The molecule has 0 bridgehead atoms. The molecule has 3 aromatic rings. The summed E-state index contributed by atoms with van der Waals surface area (Å²) in [5.41, 5.74) is -7.69. The second kappa shape index (κ2) is 16.3. The predicted octanol–water partition coefficient (Wildman–Crippen LogP) is 5.79. The molecule has 1 heterocycles. The molecule has 0 fully saturated rings. The van der Waals surface area contributed by atoms with E-state index >= 15 is 0 Å². The molecule has 0 aliphatic rings. The van der Waals surface area contributed by atoms with Gasteiger partial charge < -0.3 is 8.86 Å². The zero-order chi connectivity index (χ0) is 34.6. The monoisotopic (exact) mass is 696 g/mol. The largest absolute Gasteiger partial charge is 0.480 e. The molecule has 19 heteroatoms. The van der Waals surface area contributed by atoms with Gasteiger partial charge in [-0.2, -0.15) is 35.9 Å². The number of nitrogens with zero attached hydrogens (tertiary/aromatic N) is 3. The van der Waals surface area contributed by atoms with E-state index in [1.165, 1.54) is 11.8 Å².